The fourth-order valence-corrected chi connectivity index (χ4v) is 0.716. The van der Waals surface area contributed by atoms with Crippen LogP contribution in [-0.2, 0) is 9.53 Å². The van der Waals surface area contributed by atoms with Gasteiger partial charge in [0.05, 0.1) is 6.61 Å². The van der Waals surface area contributed by atoms with Crippen molar-refractivity contribution in [3.05, 3.63) is 22.7 Å². The van der Waals surface area contributed by atoms with Crippen molar-refractivity contribution in [1.29, 1.82) is 0 Å². The van der Waals surface area contributed by atoms with Crippen LogP contribution in [0.2, 0.25) is 0 Å². The van der Waals surface area contributed by atoms with E-state index in [1.807, 2.05) is 13.0 Å². The summed E-state index contributed by atoms with van der Waals surface area (Å²) in [5, 5.41) is 0. The lowest BCUT2D eigenvalue weighted by molar-refractivity contribution is -0.137. The Hall–Kier alpha value is -0.570. The van der Waals surface area contributed by atoms with E-state index in [0.717, 1.165) is 0 Å². The molecule has 0 spiro atoms. The predicted molar refractivity (Wildman–Crippen MR) is 48.5 cm³/mol. The minimum atomic E-state index is -0.328. The quantitative estimate of drug-likeness (QED) is 0.414. The van der Waals surface area contributed by atoms with E-state index in [1.54, 1.807) is 19.1 Å². The zero-order valence-corrected chi connectivity index (χ0v) is 8.22. The van der Waals surface area contributed by atoms with E-state index in [4.69, 9.17) is 4.74 Å². The van der Waals surface area contributed by atoms with E-state index < -0.39 is 0 Å². The molecular formula is C8H11BrO2. The number of carbonyl (C=O) groups excluding carboxylic acids is 1. The largest absolute Gasteiger partial charge is 0.462 e. The molecule has 2 nitrogen and oxygen atoms in total. The Morgan fingerprint density at radius 2 is 2.27 bits per heavy atom. The fraction of sp³-hybridized carbons (Fsp3) is 0.375. The summed E-state index contributed by atoms with van der Waals surface area (Å²) in [7, 11) is 0. The standard InChI is InChI=1S/C8H11BrO2/c1-3-5-6-7(9)8(10)11-4-2/h3,5-6H,4H2,1-2H3/b5-3+,7-6-. The molecule has 0 unspecified atom stereocenters. The van der Waals surface area contributed by atoms with Gasteiger partial charge in [0, 0.05) is 0 Å². The maximum Gasteiger partial charge on any atom is 0.345 e. The normalized spacial score (nSPS) is 12.1. The van der Waals surface area contributed by atoms with Crippen LogP contribution in [0.5, 0.6) is 0 Å². The van der Waals surface area contributed by atoms with Crippen LogP contribution in [0, 0.1) is 0 Å². The lowest BCUT2D eigenvalue weighted by atomic mass is 10.4. The molecule has 0 heterocycles. The SMILES string of the molecule is C/C=C/C=C(\Br)C(=O)OCC. The summed E-state index contributed by atoms with van der Waals surface area (Å²) in [6.07, 6.45) is 5.25. The smallest absolute Gasteiger partial charge is 0.345 e. The van der Waals surface area contributed by atoms with E-state index >= 15 is 0 Å². The van der Waals surface area contributed by atoms with Crippen molar-refractivity contribution in [1.82, 2.24) is 0 Å². The molecule has 0 atom stereocenters. The second kappa shape index (κ2) is 6.16. The van der Waals surface area contributed by atoms with Crippen LogP contribution < -0.4 is 0 Å². The molecule has 0 saturated heterocycles. The highest BCUT2D eigenvalue weighted by atomic mass is 79.9. The zero-order valence-electron chi connectivity index (χ0n) is 6.63. The maximum atomic E-state index is 10.9. The van der Waals surface area contributed by atoms with Gasteiger partial charge in [0.15, 0.2) is 0 Å². The van der Waals surface area contributed by atoms with Gasteiger partial charge in [-0.05, 0) is 35.9 Å². The number of halogens is 1. The number of carbonyl (C=O) groups is 1. The molecule has 0 aromatic heterocycles. The van der Waals surface area contributed by atoms with E-state index in [1.165, 1.54) is 0 Å². The van der Waals surface area contributed by atoms with Gasteiger partial charge >= 0.3 is 5.97 Å². The van der Waals surface area contributed by atoms with Crippen molar-refractivity contribution in [2.75, 3.05) is 6.61 Å². The summed E-state index contributed by atoms with van der Waals surface area (Å²) in [4.78, 5) is 10.9. The maximum absolute atomic E-state index is 10.9. The number of hydrogen-bond donors (Lipinski definition) is 0. The van der Waals surface area contributed by atoms with Gasteiger partial charge < -0.3 is 4.74 Å². The minimum absolute atomic E-state index is 0.328. The Kier molecular flexibility index (Phi) is 5.84. The first-order valence-electron chi connectivity index (χ1n) is 3.38. The van der Waals surface area contributed by atoms with Gasteiger partial charge in [-0.15, -0.1) is 0 Å². The summed E-state index contributed by atoms with van der Waals surface area (Å²) >= 11 is 3.08. The van der Waals surface area contributed by atoms with Gasteiger partial charge in [-0.1, -0.05) is 12.2 Å². The van der Waals surface area contributed by atoms with Crippen molar-refractivity contribution in [2.24, 2.45) is 0 Å². The van der Waals surface area contributed by atoms with E-state index in [9.17, 15) is 4.79 Å². The topological polar surface area (TPSA) is 26.3 Å². The first-order chi connectivity index (χ1) is 5.22. The number of esters is 1. The zero-order chi connectivity index (χ0) is 8.69. The van der Waals surface area contributed by atoms with Crippen molar-refractivity contribution < 1.29 is 9.53 Å². The van der Waals surface area contributed by atoms with Crippen molar-refractivity contribution >= 4 is 21.9 Å². The Balaban J connectivity index is 4.00. The molecule has 0 aliphatic heterocycles. The van der Waals surface area contributed by atoms with Gasteiger partial charge in [0.2, 0.25) is 0 Å². The van der Waals surface area contributed by atoms with Crippen LogP contribution in [0.25, 0.3) is 0 Å². The molecule has 0 amide bonds. The molecule has 0 aliphatic rings. The molecule has 0 saturated carbocycles. The Morgan fingerprint density at radius 1 is 1.64 bits per heavy atom. The van der Waals surface area contributed by atoms with Gasteiger partial charge in [-0.2, -0.15) is 0 Å². The van der Waals surface area contributed by atoms with Gasteiger partial charge in [-0.3, -0.25) is 0 Å². The average Bonchev–Trinajstić information content (AvgIpc) is 2.00. The average molecular weight is 219 g/mol. The molecule has 3 heteroatoms. The molecule has 0 rings (SSSR count). The molecule has 62 valence electrons. The fourth-order valence-electron chi connectivity index (χ4n) is 0.449. The minimum Gasteiger partial charge on any atom is -0.462 e. The highest BCUT2D eigenvalue weighted by Crippen LogP contribution is 2.06. The molecule has 0 bridgehead atoms. The molecule has 0 N–H and O–H groups in total. The molecule has 0 radical (unpaired) electrons. The highest BCUT2D eigenvalue weighted by molar-refractivity contribution is 9.12. The molecule has 0 fully saturated rings. The van der Waals surface area contributed by atoms with Crippen molar-refractivity contribution in [3.8, 4) is 0 Å². The van der Waals surface area contributed by atoms with Crippen molar-refractivity contribution in [2.45, 2.75) is 13.8 Å². The first kappa shape index (κ1) is 10.4. The van der Waals surface area contributed by atoms with Crippen molar-refractivity contribution in [3.63, 3.8) is 0 Å². The Labute approximate surface area is 75.1 Å². The molecule has 0 aromatic rings. The lowest BCUT2D eigenvalue weighted by Crippen LogP contribution is -2.02. The third kappa shape index (κ3) is 4.79. The highest BCUT2D eigenvalue weighted by Gasteiger charge is 2.03. The number of allylic oxidation sites excluding steroid dienone is 3. The monoisotopic (exact) mass is 218 g/mol. The third-order valence-corrected chi connectivity index (χ3v) is 1.49. The van der Waals surface area contributed by atoms with Gasteiger partial charge in [-0.25, -0.2) is 4.79 Å². The predicted octanol–water partition coefficient (Wildman–Crippen LogP) is 2.40. The molecule has 0 aliphatic carbocycles. The molecule has 11 heavy (non-hydrogen) atoms. The third-order valence-electron chi connectivity index (χ3n) is 0.905. The van der Waals surface area contributed by atoms with Crippen LogP contribution in [0.1, 0.15) is 13.8 Å². The van der Waals surface area contributed by atoms with E-state index in [-0.39, 0.29) is 5.97 Å². The second-order valence-corrected chi connectivity index (χ2v) is 2.62. The van der Waals surface area contributed by atoms with Gasteiger partial charge in [0.1, 0.15) is 4.48 Å². The number of ether oxygens (including phenoxy) is 1. The van der Waals surface area contributed by atoms with E-state index in [2.05, 4.69) is 15.9 Å². The molecular weight excluding hydrogens is 208 g/mol. The summed E-state index contributed by atoms with van der Waals surface area (Å²) < 4.78 is 5.15. The Bertz CT molecular complexity index is 183. The molecule has 0 aromatic carbocycles. The summed E-state index contributed by atoms with van der Waals surface area (Å²) in [6, 6.07) is 0. The van der Waals surface area contributed by atoms with Crippen LogP contribution in [-0.4, -0.2) is 12.6 Å². The first-order valence-corrected chi connectivity index (χ1v) is 4.17. The van der Waals surface area contributed by atoms with Crippen LogP contribution in [0.4, 0.5) is 0 Å². The summed E-state index contributed by atoms with van der Waals surface area (Å²) in [6.45, 7) is 4.05. The van der Waals surface area contributed by atoms with Gasteiger partial charge in [0.25, 0.3) is 0 Å². The van der Waals surface area contributed by atoms with E-state index in [0.29, 0.717) is 11.1 Å². The van der Waals surface area contributed by atoms with Crippen LogP contribution in [0.3, 0.4) is 0 Å². The number of rotatable bonds is 3. The summed E-state index contributed by atoms with van der Waals surface area (Å²) in [5.41, 5.74) is 0. The lowest BCUT2D eigenvalue weighted by Gasteiger charge is -1.97. The summed E-state index contributed by atoms with van der Waals surface area (Å²) in [5.74, 6) is -0.328. The van der Waals surface area contributed by atoms with Crippen LogP contribution >= 0.6 is 15.9 Å². The second-order valence-electron chi connectivity index (χ2n) is 1.76. The Morgan fingerprint density at radius 3 is 2.73 bits per heavy atom. The van der Waals surface area contributed by atoms with Crippen LogP contribution in [0.15, 0.2) is 22.7 Å². The number of hydrogen-bond acceptors (Lipinski definition) is 2.